The van der Waals surface area contributed by atoms with Gasteiger partial charge in [-0.2, -0.15) is 5.10 Å². The monoisotopic (exact) mass is 514 g/mol. The topological polar surface area (TPSA) is 80.5 Å². The van der Waals surface area contributed by atoms with Crippen LogP contribution in [0.1, 0.15) is 15.9 Å². The maximum Gasteiger partial charge on any atom is 0.152 e. The number of hydrogen-bond donors (Lipinski definition) is 2. The summed E-state index contributed by atoms with van der Waals surface area (Å²) in [5.74, 6) is 0.374. The Morgan fingerprint density at radius 2 is 1.87 bits per heavy atom. The molecular formula is C31H23FN6O. The second kappa shape index (κ2) is 8.95. The fourth-order valence-electron chi connectivity index (χ4n) is 5.30. The van der Waals surface area contributed by atoms with Crippen molar-refractivity contribution in [3.05, 3.63) is 108 Å². The number of anilines is 1. The highest BCUT2D eigenvalue weighted by molar-refractivity contribution is 6.15. The summed E-state index contributed by atoms with van der Waals surface area (Å²) in [6.45, 7) is 0.544. The van der Waals surface area contributed by atoms with E-state index in [-0.39, 0.29) is 5.82 Å². The molecule has 0 radical (unpaired) electrons. The molecule has 0 bridgehead atoms. The highest BCUT2D eigenvalue weighted by atomic mass is 19.1. The van der Waals surface area contributed by atoms with Gasteiger partial charge in [0, 0.05) is 58.6 Å². The van der Waals surface area contributed by atoms with Gasteiger partial charge >= 0.3 is 0 Å². The molecule has 2 N–H and O–H groups in total. The van der Waals surface area contributed by atoms with Crippen LogP contribution in [0.25, 0.3) is 49.9 Å². The molecule has 8 heteroatoms. The molecule has 39 heavy (non-hydrogen) atoms. The van der Waals surface area contributed by atoms with Crippen LogP contribution in [0, 0.1) is 5.82 Å². The van der Waals surface area contributed by atoms with E-state index in [1.165, 1.54) is 12.1 Å². The number of hydrogen-bond acceptors (Lipinski definition) is 4. The molecule has 0 aliphatic carbocycles. The second-order valence-electron chi connectivity index (χ2n) is 9.56. The third-order valence-electron chi connectivity index (χ3n) is 7.06. The Kier molecular flexibility index (Phi) is 5.26. The number of halogens is 1. The van der Waals surface area contributed by atoms with Crippen LogP contribution in [0.2, 0.25) is 0 Å². The van der Waals surface area contributed by atoms with Gasteiger partial charge in [0.1, 0.15) is 11.6 Å². The normalized spacial score (nSPS) is 11.5. The number of aromatic amines is 1. The molecule has 7 nitrogen and oxygen atoms in total. The minimum Gasteiger partial charge on any atom is -0.380 e. The van der Waals surface area contributed by atoms with E-state index < -0.39 is 0 Å². The fraction of sp³-hybridized carbons (Fsp3) is 0.0645. The van der Waals surface area contributed by atoms with Gasteiger partial charge in [-0.25, -0.2) is 9.37 Å². The second-order valence-corrected chi connectivity index (χ2v) is 9.56. The number of fused-ring (bicyclic) bond motifs is 4. The zero-order valence-corrected chi connectivity index (χ0v) is 21.0. The number of nitrogens with zero attached hydrogens (tertiary/aromatic N) is 4. The summed E-state index contributed by atoms with van der Waals surface area (Å²) in [5.41, 5.74) is 7.58. The molecular weight excluding hydrogens is 491 g/mol. The molecule has 7 rings (SSSR count). The predicted octanol–water partition coefficient (Wildman–Crippen LogP) is 6.62. The Balaban J connectivity index is 1.41. The molecule has 0 spiro atoms. The van der Waals surface area contributed by atoms with E-state index in [0.717, 1.165) is 50.6 Å². The number of carbonyl (C=O) groups excluding carboxylic acids is 1. The number of imidazole rings is 1. The lowest BCUT2D eigenvalue weighted by molar-refractivity contribution is 0.112. The van der Waals surface area contributed by atoms with E-state index in [1.54, 1.807) is 16.9 Å². The lowest BCUT2D eigenvalue weighted by Crippen LogP contribution is -2.03. The van der Waals surface area contributed by atoms with Crippen LogP contribution >= 0.6 is 0 Å². The van der Waals surface area contributed by atoms with Gasteiger partial charge in [-0.1, -0.05) is 30.3 Å². The summed E-state index contributed by atoms with van der Waals surface area (Å²) >= 11 is 0. The van der Waals surface area contributed by atoms with E-state index in [4.69, 9.17) is 4.98 Å². The Bertz CT molecular complexity index is 2030. The lowest BCUT2D eigenvalue weighted by Gasteiger charge is -2.13. The van der Waals surface area contributed by atoms with Crippen molar-refractivity contribution in [3.8, 4) is 17.1 Å². The molecule has 3 aromatic heterocycles. The number of para-hydroxylation sites is 1. The number of nitrogens with one attached hydrogen (secondary N) is 2. The number of aryl methyl sites for hydroxylation is 1. The van der Waals surface area contributed by atoms with Crippen LogP contribution in [-0.4, -0.2) is 30.6 Å². The van der Waals surface area contributed by atoms with E-state index >= 15 is 0 Å². The molecule has 0 saturated heterocycles. The molecule has 190 valence electrons. The average Bonchev–Trinajstić information content (AvgIpc) is 3.66. The Labute approximate surface area is 222 Å². The Morgan fingerprint density at radius 1 is 1.00 bits per heavy atom. The molecule has 0 aliphatic heterocycles. The molecule has 3 heterocycles. The number of rotatable bonds is 6. The smallest absolute Gasteiger partial charge is 0.152 e. The van der Waals surface area contributed by atoms with Crippen molar-refractivity contribution in [1.82, 2.24) is 24.3 Å². The number of aldehydes is 1. The fourth-order valence-corrected chi connectivity index (χ4v) is 5.30. The van der Waals surface area contributed by atoms with Crippen molar-refractivity contribution >= 4 is 44.8 Å². The minimum absolute atomic E-state index is 0.306. The molecule has 0 fully saturated rings. The summed E-state index contributed by atoms with van der Waals surface area (Å²) in [5, 5.41) is 9.74. The molecule has 4 aromatic carbocycles. The van der Waals surface area contributed by atoms with Gasteiger partial charge in [-0.05, 0) is 48.5 Å². The Morgan fingerprint density at radius 3 is 2.72 bits per heavy atom. The zero-order valence-electron chi connectivity index (χ0n) is 21.0. The van der Waals surface area contributed by atoms with Crippen molar-refractivity contribution in [2.45, 2.75) is 6.54 Å². The summed E-state index contributed by atoms with van der Waals surface area (Å²) in [6, 6.07) is 24.7. The van der Waals surface area contributed by atoms with Gasteiger partial charge in [-0.3, -0.25) is 9.48 Å². The number of H-pyrrole nitrogens is 1. The molecule has 0 unspecified atom stereocenters. The SMILES string of the molecule is Cn1cc(CNc2cc(-n3c4ccccc4c4c(-c5nc6ccc(F)cc6[nH]5)cccc43)ccc2C=O)cn1. The van der Waals surface area contributed by atoms with E-state index in [2.05, 4.69) is 38.2 Å². The third-order valence-corrected chi connectivity index (χ3v) is 7.06. The van der Waals surface area contributed by atoms with E-state index in [1.807, 2.05) is 55.7 Å². The van der Waals surface area contributed by atoms with Crippen LogP contribution in [0.4, 0.5) is 10.1 Å². The molecule has 0 saturated carbocycles. The van der Waals surface area contributed by atoms with Crippen molar-refractivity contribution in [3.63, 3.8) is 0 Å². The molecule has 0 aliphatic rings. The van der Waals surface area contributed by atoms with Crippen LogP contribution in [0.3, 0.4) is 0 Å². The lowest BCUT2D eigenvalue weighted by atomic mass is 10.1. The minimum atomic E-state index is -0.306. The van der Waals surface area contributed by atoms with Gasteiger partial charge < -0.3 is 14.9 Å². The first-order valence-corrected chi connectivity index (χ1v) is 12.6. The van der Waals surface area contributed by atoms with Crippen molar-refractivity contribution in [2.24, 2.45) is 7.05 Å². The van der Waals surface area contributed by atoms with Crippen molar-refractivity contribution in [2.75, 3.05) is 5.32 Å². The largest absolute Gasteiger partial charge is 0.380 e. The van der Waals surface area contributed by atoms with E-state index in [0.29, 0.717) is 29.0 Å². The standard InChI is InChI=1S/C31H23FN6O/c1-37-17-19(16-34-37)15-33-26-14-22(11-9-20(26)18-39)38-28-7-3-2-5-23(28)30-24(6-4-8-29(30)38)31-35-25-12-10-21(32)13-27(25)36-31/h2-14,16-18,33H,15H2,1H3,(H,35,36). The quantitative estimate of drug-likeness (QED) is 0.244. The van der Waals surface area contributed by atoms with Crippen LogP contribution < -0.4 is 5.32 Å². The summed E-state index contributed by atoms with van der Waals surface area (Å²) in [4.78, 5) is 19.9. The summed E-state index contributed by atoms with van der Waals surface area (Å²) in [7, 11) is 1.88. The first kappa shape index (κ1) is 22.9. The molecule has 0 atom stereocenters. The zero-order chi connectivity index (χ0) is 26.5. The van der Waals surface area contributed by atoms with Gasteiger partial charge in [0.2, 0.25) is 0 Å². The van der Waals surface area contributed by atoms with Crippen LogP contribution in [-0.2, 0) is 13.6 Å². The highest BCUT2D eigenvalue weighted by Crippen LogP contribution is 2.38. The maximum atomic E-state index is 13.9. The first-order valence-electron chi connectivity index (χ1n) is 12.6. The summed E-state index contributed by atoms with van der Waals surface area (Å²) in [6.07, 6.45) is 4.61. The van der Waals surface area contributed by atoms with Gasteiger partial charge in [0.15, 0.2) is 6.29 Å². The Hall–Kier alpha value is -5.24. The van der Waals surface area contributed by atoms with Crippen LogP contribution in [0.5, 0.6) is 0 Å². The first-order chi connectivity index (χ1) is 19.1. The number of aromatic nitrogens is 5. The summed E-state index contributed by atoms with van der Waals surface area (Å²) < 4.78 is 17.8. The number of carbonyl (C=O) groups is 1. The third kappa shape index (κ3) is 3.85. The van der Waals surface area contributed by atoms with Gasteiger partial charge in [0.05, 0.1) is 28.3 Å². The molecule has 7 aromatic rings. The average molecular weight is 515 g/mol. The number of benzene rings is 4. The molecule has 0 amide bonds. The van der Waals surface area contributed by atoms with E-state index in [9.17, 15) is 9.18 Å². The van der Waals surface area contributed by atoms with Crippen molar-refractivity contribution < 1.29 is 9.18 Å². The van der Waals surface area contributed by atoms with Gasteiger partial charge in [0.25, 0.3) is 0 Å². The maximum absolute atomic E-state index is 13.9. The highest BCUT2D eigenvalue weighted by Gasteiger charge is 2.18. The van der Waals surface area contributed by atoms with Crippen LogP contribution in [0.15, 0.2) is 91.3 Å². The predicted molar refractivity (Wildman–Crippen MR) is 152 cm³/mol. The van der Waals surface area contributed by atoms with Crippen molar-refractivity contribution in [1.29, 1.82) is 0 Å². The van der Waals surface area contributed by atoms with Gasteiger partial charge in [-0.15, -0.1) is 0 Å².